The van der Waals surface area contributed by atoms with Crippen LogP contribution in [0.3, 0.4) is 0 Å². The predicted octanol–water partition coefficient (Wildman–Crippen LogP) is 12.1. The zero-order chi connectivity index (χ0) is 33.1. The van der Waals surface area contributed by atoms with Crippen molar-refractivity contribution in [1.29, 1.82) is 5.26 Å². The molecule has 0 N–H and O–H groups in total. The predicted molar refractivity (Wildman–Crippen MR) is 203 cm³/mol. The molecule has 0 atom stereocenters. The second-order valence-corrected chi connectivity index (χ2v) is 13.3. The Hall–Kier alpha value is -6.37. The standard InChI is InChI=1S/C46H33N3/c1-46(2)39-24-8-11-27-42(39)48(34-18-4-3-5-19-34)43-28-14-22-35(44(43)46)31-15-12-16-32(29-31)36-23-13-17-33(30-47)45(36)49-40-25-9-6-20-37(40)38-21-7-10-26-41(38)49/h3-29H,1-2H3. The fraction of sp³-hybridized carbons (Fsp3) is 0.0652. The Balaban J connectivity index is 1.28. The summed E-state index contributed by atoms with van der Waals surface area (Å²) in [6, 6.07) is 60.5. The minimum Gasteiger partial charge on any atom is -0.310 e. The van der Waals surface area contributed by atoms with Crippen LogP contribution in [0.5, 0.6) is 0 Å². The van der Waals surface area contributed by atoms with Crippen molar-refractivity contribution in [2.24, 2.45) is 0 Å². The van der Waals surface area contributed by atoms with E-state index in [1.807, 2.05) is 12.1 Å². The SMILES string of the molecule is CC1(C)c2ccccc2N(c2ccccc2)c2cccc(-c3cccc(-c4cccc(C#N)c4-n4c5ccccc5c5ccccc54)c3)c21. The van der Waals surface area contributed by atoms with E-state index in [0.29, 0.717) is 5.56 Å². The molecule has 0 unspecified atom stereocenters. The molecule has 8 aromatic rings. The van der Waals surface area contributed by atoms with Gasteiger partial charge in [0.05, 0.1) is 33.7 Å². The van der Waals surface area contributed by atoms with E-state index in [9.17, 15) is 5.26 Å². The number of aromatic nitrogens is 1. The Labute approximate surface area is 286 Å². The number of anilines is 3. The highest BCUT2D eigenvalue weighted by molar-refractivity contribution is 6.10. The van der Waals surface area contributed by atoms with Gasteiger partial charge in [0.2, 0.25) is 0 Å². The number of benzene rings is 7. The summed E-state index contributed by atoms with van der Waals surface area (Å²) in [5, 5.41) is 12.8. The summed E-state index contributed by atoms with van der Waals surface area (Å²) in [5.41, 5.74) is 14.0. The first kappa shape index (κ1) is 28.8. The molecule has 9 rings (SSSR count). The van der Waals surface area contributed by atoms with E-state index in [4.69, 9.17) is 0 Å². The molecule has 0 radical (unpaired) electrons. The molecule has 7 aromatic carbocycles. The maximum absolute atomic E-state index is 10.5. The van der Waals surface area contributed by atoms with Crippen molar-refractivity contribution in [2.75, 3.05) is 4.90 Å². The van der Waals surface area contributed by atoms with E-state index in [0.717, 1.165) is 39.1 Å². The van der Waals surface area contributed by atoms with Gasteiger partial charge >= 0.3 is 0 Å². The molecule has 49 heavy (non-hydrogen) atoms. The lowest BCUT2D eigenvalue weighted by Gasteiger charge is -2.43. The van der Waals surface area contributed by atoms with E-state index < -0.39 is 0 Å². The number of rotatable bonds is 4. The van der Waals surface area contributed by atoms with Crippen LogP contribution in [-0.4, -0.2) is 4.57 Å². The lowest BCUT2D eigenvalue weighted by molar-refractivity contribution is 0.633. The molecule has 1 aliphatic heterocycles. The Morgan fingerprint density at radius 1 is 0.531 bits per heavy atom. The molecular weight excluding hydrogens is 595 g/mol. The van der Waals surface area contributed by atoms with Crippen LogP contribution in [0.1, 0.15) is 30.5 Å². The van der Waals surface area contributed by atoms with Gasteiger partial charge in [-0.2, -0.15) is 5.26 Å². The smallest absolute Gasteiger partial charge is 0.101 e. The van der Waals surface area contributed by atoms with Gasteiger partial charge in [-0.15, -0.1) is 0 Å². The first-order valence-corrected chi connectivity index (χ1v) is 16.8. The number of para-hydroxylation sites is 5. The van der Waals surface area contributed by atoms with Gasteiger partial charge in [-0.3, -0.25) is 0 Å². The molecular formula is C46H33N3. The number of hydrogen-bond acceptors (Lipinski definition) is 2. The Morgan fingerprint density at radius 3 is 1.84 bits per heavy atom. The molecule has 0 bridgehead atoms. The van der Waals surface area contributed by atoms with Crippen LogP contribution in [-0.2, 0) is 5.41 Å². The van der Waals surface area contributed by atoms with E-state index in [1.54, 1.807) is 0 Å². The monoisotopic (exact) mass is 627 g/mol. The van der Waals surface area contributed by atoms with Gasteiger partial charge in [0.1, 0.15) is 6.07 Å². The van der Waals surface area contributed by atoms with Crippen molar-refractivity contribution in [3.05, 3.63) is 180 Å². The minimum absolute atomic E-state index is 0.251. The summed E-state index contributed by atoms with van der Waals surface area (Å²) in [6.45, 7) is 4.69. The summed E-state index contributed by atoms with van der Waals surface area (Å²) in [7, 11) is 0. The zero-order valence-electron chi connectivity index (χ0n) is 27.4. The Kier molecular flexibility index (Phi) is 6.54. The van der Waals surface area contributed by atoms with Crippen LogP contribution in [0, 0.1) is 11.3 Å². The van der Waals surface area contributed by atoms with Gasteiger partial charge in [0.25, 0.3) is 0 Å². The fourth-order valence-corrected chi connectivity index (χ4v) is 8.07. The summed E-state index contributed by atoms with van der Waals surface area (Å²) >= 11 is 0. The van der Waals surface area contributed by atoms with Crippen molar-refractivity contribution >= 4 is 38.9 Å². The molecule has 232 valence electrons. The van der Waals surface area contributed by atoms with Crippen molar-refractivity contribution in [2.45, 2.75) is 19.3 Å². The normalized spacial score (nSPS) is 13.2. The van der Waals surface area contributed by atoms with Gasteiger partial charge < -0.3 is 9.47 Å². The first-order valence-electron chi connectivity index (χ1n) is 16.8. The number of nitriles is 1. The van der Waals surface area contributed by atoms with E-state index >= 15 is 0 Å². The summed E-state index contributed by atoms with van der Waals surface area (Å²) < 4.78 is 2.27. The maximum Gasteiger partial charge on any atom is 0.101 e. The lowest BCUT2D eigenvalue weighted by Crippen LogP contribution is -2.31. The maximum atomic E-state index is 10.5. The summed E-state index contributed by atoms with van der Waals surface area (Å²) in [6.07, 6.45) is 0. The quantitative estimate of drug-likeness (QED) is 0.194. The number of hydrogen-bond donors (Lipinski definition) is 0. The molecule has 0 amide bonds. The van der Waals surface area contributed by atoms with Crippen LogP contribution in [0.25, 0.3) is 49.7 Å². The summed E-state index contributed by atoms with van der Waals surface area (Å²) in [5.74, 6) is 0. The third-order valence-electron chi connectivity index (χ3n) is 10.2. The number of nitrogens with zero attached hydrogens (tertiary/aromatic N) is 3. The average Bonchev–Trinajstić information content (AvgIpc) is 3.49. The first-order chi connectivity index (χ1) is 24.1. The molecule has 2 heterocycles. The van der Waals surface area contributed by atoms with Crippen molar-refractivity contribution in [1.82, 2.24) is 4.57 Å². The molecule has 0 aliphatic carbocycles. The molecule has 0 saturated heterocycles. The third kappa shape index (κ3) is 4.35. The van der Waals surface area contributed by atoms with Crippen molar-refractivity contribution in [3.63, 3.8) is 0 Å². The van der Waals surface area contributed by atoms with Crippen LogP contribution in [0.4, 0.5) is 17.1 Å². The minimum atomic E-state index is -0.251. The van der Waals surface area contributed by atoms with Gasteiger partial charge in [-0.25, -0.2) is 0 Å². The largest absolute Gasteiger partial charge is 0.310 e. The molecule has 1 aromatic heterocycles. The second-order valence-electron chi connectivity index (χ2n) is 13.3. The van der Waals surface area contributed by atoms with Crippen LogP contribution < -0.4 is 4.90 Å². The van der Waals surface area contributed by atoms with Gasteiger partial charge in [0.15, 0.2) is 0 Å². The molecule has 3 heteroatoms. The van der Waals surface area contributed by atoms with Gasteiger partial charge in [0, 0.05) is 27.4 Å². The van der Waals surface area contributed by atoms with Crippen LogP contribution in [0.15, 0.2) is 164 Å². The highest BCUT2D eigenvalue weighted by Crippen LogP contribution is 2.54. The lowest BCUT2D eigenvalue weighted by atomic mass is 9.70. The highest BCUT2D eigenvalue weighted by Gasteiger charge is 2.38. The second kappa shape index (κ2) is 11.1. The zero-order valence-corrected chi connectivity index (χ0v) is 27.4. The van der Waals surface area contributed by atoms with Crippen LogP contribution in [0.2, 0.25) is 0 Å². The number of fused-ring (bicyclic) bond motifs is 5. The average molecular weight is 628 g/mol. The van der Waals surface area contributed by atoms with E-state index in [-0.39, 0.29) is 5.41 Å². The topological polar surface area (TPSA) is 32.0 Å². The molecule has 1 aliphatic rings. The van der Waals surface area contributed by atoms with Crippen molar-refractivity contribution in [3.8, 4) is 34.0 Å². The fourth-order valence-electron chi connectivity index (χ4n) is 8.07. The van der Waals surface area contributed by atoms with Gasteiger partial charge in [-0.1, -0.05) is 129 Å². The molecule has 0 fully saturated rings. The van der Waals surface area contributed by atoms with Crippen LogP contribution >= 0.6 is 0 Å². The Morgan fingerprint density at radius 2 is 1.10 bits per heavy atom. The van der Waals surface area contributed by atoms with E-state index in [2.05, 4.69) is 181 Å². The summed E-state index contributed by atoms with van der Waals surface area (Å²) in [4.78, 5) is 2.40. The molecule has 3 nitrogen and oxygen atoms in total. The van der Waals surface area contributed by atoms with Crippen molar-refractivity contribution < 1.29 is 0 Å². The van der Waals surface area contributed by atoms with E-state index in [1.165, 1.54) is 38.8 Å². The highest BCUT2D eigenvalue weighted by atomic mass is 15.2. The molecule has 0 spiro atoms. The Bertz CT molecular complexity index is 2550. The molecule has 0 saturated carbocycles. The van der Waals surface area contributed by atoms with Gasteiger partial charge in [-0.05, 0) is 76.3 Å². The third-order valence-corrected chi connectivity index (χ3v) is 10.2.